The Morgan fingerprint density at radius 3 is 2.76 bits per heavy atom. The van der Waals surface area contributed by atoms with E-state index in [0.29, 0.717) is 18.1 Å². The fraction of sp³-hybridized carbons (Fsp3) is 0.200. The average molecular weight is 366 g/mol. The lowest BCUT2D eigenvalue weighted by Gasteiger charge is -2.18. The van der Waals surface area contributed by atoms with Gasteiger partial charge in [0.2, 0.25) is 5.91 Å². The van der Waals surface area contributed by atoms with E-state index in [2.05, 4.69) is 20.9 Å². The minimum Gasteiger partial charge on any atom is -0.384 e. The number of benzene rings is 1. The molecule has 1 aromatic carbocycles. The SMILES string of the molecule is CN(Cc1ccccc1Br)C(=O)CSc1ccc(N)nc1. The zero-order chi connectivity index (χ0) is 15.2. The minimum atomic E-state index is 0.0765. The van der Waals surface area contributed by atoms with E-state index in [-0.39, 0.29) is 5.91 Å². The fourth-order valence-electron chi connectivity index (χ4n) is 1.70. The van der Waals surface area contributed by atoms with E-state index in [1.54, 1.807) is 17.2 Å². The molecule has 0 saturated heterocycles. The number of nitrogen functional groups attached to an aromatic ring is 1. The van der Waals surface area contributed by atoms with E-state index in [9.17, 15) is 4.79 Å². The Morgan fingerprint density at radius 2 is 2.10 bits per heavy atom. The molecule has 0 radical (unpaired) electrons. The molecule has 0 aliphatic rings. The molecule has 1 heterocycles. The van der Waals surface area contributed by atoms with Crippen molar-refractivity contribution in [3.8, 4) is 0 Å². The first-order valence-corrected chi connectivity index (χ1v) is 8.16. The van der Waals surface area contributed by atoms with Crippen molar-refractivity contribution < 1.29 is 4.79 Å². The van der Waals surface area contributed by atoms with Crippen molar-refractivity contribution in [2.75, 3.05) is 18.5 Å². The Balaban J connectivity index is 1.88. The predicted octanol–water partition coefficient (Wildman–Crippen LogP) is 3.18. The highest BCUT2D eigenvalue weighted by atomic mass is 79.9. The summed E-state index contributed by atoms with van der Waals surface area (Å²) in [6.45, 7) is 0.584. The number of halogens is 1. The summed E-state index contributed by atoms with van der Waals surface area (Å²) in [5.74, 6) is 0.941. The number of hydrogen-bond acceptors (Lipinski definition) is 4. The van der Waals surface area contributed by atoms with Crippen LogP contribution in [0, 0.1) is 0 Å². The molecule has 0 aliphatic heterocycles. The van der Waals surface area contributed by atoms with Gasteiger partial charge >= 0.3 is 0 Å². The van der Waals surface area contributed by atoms with Crippen LogP contribution in [0.25, 0.3) is 0 Å². The van der Waals surface area contributed by atoms with Crippen LogP contribution >= 0.6 is 27.7 Å². The van der Waals surface area contributed by atoms with Gasteiger partial charge in [-0.2, -0.15) is 0 Å². The molecule has 2 N–H and O–H groups in total. The Bertz CT molecular complexity index is 619. The third-order valence-corrected chi connectivity index (χ3v) is 4.65. The van der Waals surface area contributed by atoms with Gasteiger partial charge in [-0.05, 0) is 23.8 Å². The van der Waals surface area contributed by atoms with E-state index >= 15 is 0 Å². The van der Waals surface area contributed by atoms with Crippen molar-refractivity contribution in [2.24, 2.45) is 0 Å². The maximum Gasteiger partial charge on any atom is 0.232 e. The molecule has 1 amide bonds. The summed E-state index contributed by atoms with van der Waals surface area (Å²) in [4.78, 5) is 18.8. The molecule has 0 atom stereocenters. The van der Waals surface area contributed by atoms with Crippen LogP contribution in [0.2, 0.25) is 0 Å². The summed E-state index contributed by atoms with van der Waals surface area (Å²) in [7, 11) is 1.81. The quantitative estimate of drug-likeness (QED) is 0.826. The maximum atomic E-state index is 12.1. The van der Waals surface area contributed by atoms with E-state index < -0.39 is 0 Å². The molecular formula is C15H16BrN3OS. The topological polar surface area (TPSA) is 59.2 Å². The second-order valence-electron chi connectivity index (χ2n) is 4.55. The molecule has 0 spiro atoms. The molecule has 21 heavy (non-hydrogen) atoms. The monoisotopic (exact) mass is 365 g/mol. The van der Waals surface area contributed by atoms with Gasteiger partial charge in [-0.1, -0.05) is 34.1 Å². The molecular weight excluding hydrogens is 350 g/mol. The van der Waals surface area contributed by atoms with E-state index in [4.69, 9.17) is 5.73 Å². The van der Waals surface area contributed by atoms with Crippen molar-refractivity contribution in [3.63, 3.8) is 0 Å². The minimum absolute atomic E-state index is 0.0765. The number of carbonyl (C=O) groups excluding carboxylic acids is 1. The van der Waals surface area contributed by atoms with E-state index in [1.165, 1.54) is 11.8 Å². The van der Waals surface area contributed by atoms with Gasteiger partial charge < -0.3 is 10.6 Å². The van der Waals surface area contributed by atoms with Gasteiger partial charge in [-0.15, -0.1) is 11.8 Å². The highest BCUT2D eigenvalue weighted by molar-refractivity contribution is 9.10. The number of hydrogen-bond donors (Lipinski definition) is 1. The summed E-state index contributed by atoms with van der Waals surface area (Å²) in [5, 5.41) is 0. The van der Waals surface area contributed by atoms with Crippen LogP contribution in [-0.4, -0.2) is 28.6 Å². The van der Waals surface area contributed by atoms with Crippen molar-refractivity contribution in [3.05, 3.63) is 52.6 Å². The molecule has 0 bridgehead atoms. The fourth-order valence-corrected chi connectivity index (χ4v) is 2.91. The van der Waals surface area contributed by atoms with Crippen molar-refractivity contribution in [1.82, 2.24) is 9.88 Å². The Morgan fingerprint density at radius 1 is 1.33 bits per heavy atom. The lowest BCUT2D eigenvalue weighted by Crippen LogP contribution is -2.27. The van der Waals surface area contributed by atoms with Crippen molar-refractivity contribution >= 4 is 39.4 Å². The molecule has 0 unspecified atom stereocenters. The van der Waals surface area contributed by atoms with Gasteiger partial charge in [0.1, 0.15) is 5.82 Å². The first-order valence-electron chi connectivity index (χ1n) is 6.38. The van der Waals surface area contributed by atoms with Gasteiger partial charge in [0.15, 0.2) is 0 Å². The molecule has 2 aromatic rings. The molecule has 0 saturated carbocycles. The molecule has 4 nitrogen and oxygen atoms in total. The average Bonchev–Trinajstić information content (AvgIpc) is 2.48. The van der Waals surface area contributed by atoms with Crippen LogP contribution in [0.1, 0.15) is 5.56 Å². The zero-order valence-corrected chi connectivity index (χ0v) is 14.0. The lowest BCUT2D eigenvalue weighted by molar-refractivity contribution is -0.127. The Labute approximate surface area is 136 Å². The standard InChI is InChI=1S/C15H16BrN3OS/c1-19(9-11-4-2-3-5-13(11)16)15(20)10-21-12-6-7-14(17)18-8-12/h2-8H,9-10H2,1H3,(H2,17,18). The summed E-state index contributed by atoms with van der Waals surface area (Å²) in [6.07, 6.45) is 1.68. The number of nitrogens with two attached hydrogens (primary N) is 1. The van der Waals surface area contributed by atoms with Crippen LogP contribution in [0.5, 0.6) is 0 Å². The van der Waals surface area contributed by atoms with Crippen LogP contribution < -0.4 is 5.73 Å². The van der Waals surface area contributed by atoms with Gasteiger partial charge in [-0.3, -0.25) is 4.79 Å². The highest BCUT2D eigenvalue weighted by Gasteiger charge is 2.11. The second-order valence-corrected chi connectivity index (χ2v) is 6.45. The molecule has 110 valence electrons. The van der Waals surface area contributed by atoms with E-state index in [1.807, 2.05) is 37.4 Å². The summed E-state index contributed by atoms with van der Waals surface area (Å²) >= 11 is 4.95. The first kappa shape index (κ1) is 15.9. The molecule has 0 aliphatic carbocycles. The predicted molar refractivity (Wildman–Crippen MR) is 90.0 cm³/mol. The molecule has 2 rings (SSSR count). The van der Waals surface area contributed by atoms with Crippen LogP contribution in [-0.2, 0) is 11.3 Å². The smallest absolute Gasteiger partial charge is 0.232 e. The largest absolute Gasteiger partial charge is 0.384 e. The number of anilines is 1. The number of aromatic nitrogens is 1. The number of amides is 1. The maximum absolute atomic E-state index is 12.1. The number of thioether (sulfide) groups is 1. The van der Waals surface area contributed by atoms with Crippen LogP contribution in [0.15, 0.2) is 52.0 Å². The number of nitrogens with zero attached hydrogens (tertiary/aromatic N) is 2. The normalized spacial score (nSPS) is 10.4. The Kier molecular flexibility index (Phi) is 5.64. The first-order chi connectivity index (χ1) is 10.1. The molecule has 6 heteroatoms. The zero-order valence-electron chi connectivity index (χ0n) is 11.6. The van der Waals surface area contributed by atoms with Crippen molar-refractivity contribution in [1.29, 1.82) is 0 Å². The Hall–Kier alpha value is -1.53. The van der Waals surface area contributed by atoms with Crippen molar-refractivity contribution in [2.45, 2.75) is 11.4 Å². The molecule has 0 fully saturated rings. The summed E-state index contributed by atoms with van der Waals surface area (Å²) < 4.78 is 1.01. The summed E-state index contributed by atoms with van der Waals surface area (Å²) in [5.41, 5.74) is 6.62. The van der Waals surface area contributed by atoms with Gasteiger partial charge in [0.25, 0.3) is 0 Å². The third kappa shape index (κ3) is 4.75. The highest BCUT2D eigenvalue weighted by Crippen LogP contribution is 2.20. The number of rotatable bonds is 5. The summed E-state index contributed by atoms with van der Waals surface area (Å²) in [6, 6.07) is 11.5. The number of pyridine rings is 1. The van der Waals surface area contributed by atoms with Gasteiger partial charge in [0, 0.05) is 29.2 Å². The molecule has 1 aromatic heterocycles. The number of carbonyl (C=O) groups is 1. The second kappa shape index (κ2) is 7.47. The van der Waals surface area contributed by atoms with E-state index in [0.717, 1.165) is 14.9 Å². The van der Waals surface area contributed by atoms with Crippen LogP contribution in [0.4, 0.5) is 5.82 Å². The van der Waals surface area contributed by atoms with Gasteiger partial charge in [0.05, 0.1) is 5.75 Å². The van der Waals surface area contributed by atoms with Gasteiger partial charge in [-0.25, -0.2) is 4.98 Å². The van der Waals surface area contributed by atoms with Crippen LogP contribution in [0.3, 0.4) is 0 Å². The third-order valence-electron chi connectivity index (χ3n) is 2.91. The lowest BCUT2D eigenvalue weighted by atomic mass is 10.2.